The molecule has 3 heterocycles. The molecule has 0 N–H and O–H groups in total. The third-order valence-electron chi connectivity index (χ3n) is 4.42. The Labute approximate surface area is 151 Å². The van der Waals surface area contributed by atoms with Crippen molar-refractivity contribution >= 4 is 11.8 Å². The fraction of sp³-hybridized carbons (Fsp3) is 0.389. The number of methoxy groups -OCH3 is 1. The van der Waals surface area contributed by atoms with Crippen molar-refractivity contribution in [1.29, 1.82) is 5.26 Å². The summed E-state index contributed by atoms with van der Waals surface area (Å²) < 4.78 is 12.2. The van der Waals surface area contributed by atoms with Crippen molar-refractivity contribution in [3.63, 3.8) is 0 Å². The second-order valence-corrected chi connectivity index (χ2v) is 6.02. The Balaban J connectivity index is 1.79. The molecule has 1 aliphatic rings. The van der Waals surface area contributed by atoms with Crippen LogP contribution in [0.15, 0.2) is 28.9 Å². The van der Waals surface area contributed by atoms with E-state index in [9.17, 15) is 14.9 Å². The maximum absolute atomic E-state index is 13.0. The number of piperazine rings is 1. The van der Waals surface area contributed by atoms with Crippen LogP contribution in [-0.2, 0) is 9.53 Å². The van der Waals surface area contributed by atoms with Gasteiger partial charge < -0.3 is 19.0 Å². The van der Waals surface area contributed by atoms with E-state index in [1.807, 2.05) is 12.1 Å². The van der Waals surface area contributed by atoms with E-state index in [2.05, 4.69) is 6.07 Å². The van der Waals surface area contributed by atoms with Crippen LogP contribution in [0.1, 0.15) is 21.7 Å². The molecule has 0 bridgehead atoms. The first-order valence-electron chi connectivity index (χ1n) is 8.29. The van der Waals surface area contributed by atoms with Gasteiger partial charge in [0.1, 0.15) is 29.6 Å². The monoisotopic (exact) mass is 356 g/mol. The molecule has 0 saturated carbocycles. The smallest absolute Gasteiger partial charge is 0.258 e. The van der Waals surface area contributed by atoms with Crippen LogP contribution in [0.2, 0.25) is 0 Å². The van der Waals surface area contributed by atoms with Crippen LogP contribution in [0.4, 0.5) is 0 Å². The Kier molecular flexibility index (Phi) is 5.09. The number of furan rings is 1. The number of carbonyl (C=O) groups is 2. The summed E-state index contributed by atoms with van der Waals surface area (Å²) in [4.78, 5) is 28.2. The lowest BCUT2D eigenvalue weighted by Gasteiger charge is -2.34. The van der Waals surface area contributed by atoms with Crippen molar-refractivity contribution in [2.45, 2.75) is 6.92 Å². The average molecular weight is 356 g/mol. The highest BCUT2D eigenvalue weighted by molar-refractivity contribution is 5.98. The van der Waals surface area contributed by atoms with Crippen LogP contribution in [0.25, 0.3) is 5.88 Å². The Hall–Kier alpha value is -3.05. The van der Waals surface area contributed by atoms with Gasteiger partial charge in [0.25, 0.3) is 5.91 Å². The number of aromatic nitrogens is 1. The number of aryl methyl sites for hydroxylation is 1. The highest BCUT2D eigenvalue weighted by atomic mass is 16.5. The van der Waals surface area contributed by atoms with E-state index in [1.165, 1.54) is 7.11 Å². The quantitative estimate of drug-likeness (QED) is 0.820. The third-order valence-corrected chi connectivity index (χ3v) is 4.42. The zero-order chi connectivity index (χ0) is 18.7. The molecule has 1 aliphatic heterocycles. The molecule has 0 spiro atoms. The number of nitrogens with zero attached hydrogens (tertiary/aromatic N) is 4. The number of nitriles is 1. The Bertz CT molecular complexity index is 839. The van der Waals surface area contributed by atoms with Gasteiger partial charge in [-0.25, -0.2) is 0 Å². The molecule has 8 nitrogen and oxygen atoms in total. The van der Waals surface area contributed by atoms with Crippen molar-refractivity contribution < 1.29 is 18.7 Å². The topological polar surface area (TPSA) is 91.7 Å². The van der Waals surface area contributed by atoms with Crippen molar-refractivity contribution in [2.24, 2.45) is 0 Å². The van der Waals surface area contributed by atoms with Gasteiger partial charge >= 0.3 is 0 Å². The molecule has 0 atom stereocenters. The molecule has 0 aromatic carbocycles. The second-order valence-electron chi connectivity index (χ2n) is 6.02. The van der Waals surface area contributed by atoms with E-state index in [-0.39, 0.29) is 29.5 Å². The summed E-state index contributed by atoms with van der Waals surface area (Å²) in [7, 11) is 1.48. The number of rotatable bonds is 4. The van der Waals surface area contributed by atoms with E-state index in [0.29, 0.717) is 37.8 Å². The summed E-state index contributed by atoms with van der Waals surface area (Å²) >= 11 is 0. The van der Waals surface area contributed by atoms with Crippen LogP contribution >= 0.6 is 0 Å². The maximum Gasteiger partial charge on any atom is 0.258 e. The number of carbonyl (C=O) groups excluding carboxylic acids is 2. The number of hydrogen-bond donors (Lipinski definition) is 0. The molecule has 136 valence electrons. The summed E-state index contributed by atoms with van der Waals surface area (Å²) in [6, 6.07) is 5.73. The first-order chi connectivity index (χ1) is 12.6. The van der Waals surface area contributed by atoms with Gasteiger partial charge in [0.15, 0.2) is 0 Å². The molecular weight excluding hydrogens is 336 g/mol. The van der Waals surface area contributed by atoms with E-state index in [0.717, 1.165) is 0 Å². The van der Waals surface area contributed by atoms with Gasteiger partial charge in [0, 0.05) is 45.7 Å². The molecule has 3 rings (SSSR count). The lowest BCUT2D eigenvalue weighted by molar-refractivity contribution is -0.136. The molecule has 0 radical (unpaired) electrons. The molecular formula is C18H20N4O4. The van der Waals surface area contributed by atoms with Gasteiger partial charge in [0.2, 0.25) is 11.8 Å². The van der Waals surface area contributed by atoms with Gasteiger partial charge in [-0.05, 0) is 19.1 Å². The van der Waals surface area contributed by atoms with Crippen LogP contribution < -0.4 is 0 Å². The standard InChI is InChI=1S/C18H20N4O4/c1-13-16(14(11-19)18(26-13)22-5-3-4-6-22)17(24)21-9-7-20(8-10-21)15(23)12-25-2/h3-6H,7-10,12H2,1-2H3. The zero-order valence-corrected chi connectivity index (χ0v) is 14.8. The SMILES string of the molecule is COCC(=O)N1CCN(C(=O)c2c(C)oc(-n3cccc3)c2C#N)CC1. The molecule has 2 aromatic heterocycles. The average Bonchev–Trinajstić information content (AvgIpc) is 3.28. The van der Waals surface area contributed by atoms with Gasteiger partial charge in [-0.15, -0.1) is 0 Å². The number of amides is 2. The summed E-state index contributed by atoms with van der Waals surface area (Å²) in [6.07, 6.45) is 3.51. The largest absolute Gasteiger partial charge is 0.443 e. The summed E-state index contributed by atoms with van der Waals surface area (Å²) in [5, 5.41) is 9.57. The van der Waals surface area contributed by atoms with Gasteiger partial charge in [-0.2, -0.15) is 5.26 Å². The highest BCUT2D eigenvalue weighted by Crippen LogP contribution is 2.27. The predicted molar refractivity (Wildman–Crippen MR) is 91.8 cm³/mol. The summed E-state index contributed by atoms with van der Waals surface area (Å²) in [5.74, 6) is 0.409. The minimum atomic E-state index is -0.250. The molecule has 2 aromatic rings. The van der Waals surface area contributed by atoms with Crippen molar-refractivity contribution in [3.8, 4) is 12.0 Å². The van der Waals surface area contributed by atoms with Gasteiger partial charge in [0.05, 0.1) is 0 Å². The molecule has 0 aliphatic carbocycles. The maximum atomic E-state index is 13.0. The van der Waals surface area contributed by atoms with Crippen molar-refractivity contribution in [3.05, 3.63) is 41.4 Å². The first-order valence-corrected chi connectivity index (χ1v) is 8.29. The fourth-order valence-electron chi connectivity index (χ4n) is 3.07. The molecule has 8 heteroatoms. The third kappa shape index (κ3) is 3.21. The number of hydrogen-bond acceptors (Lipinski definition) is 5. The van der Waals surface area contributed by atoms with E-state index in [1.54, 1.807) is 33.7 Å². The lowest BCUT2D eigenvalue weighted by atomic mass is 10.1. The first kappa shape index (κ1) is 17.8. The Morgan fingerprint density at radius 2 is 1.81 bits per heavy atom. The highest BCUT2D eigenvalue weighted by Gasteiger charge is 2.30. The molecule has 1 fully saturated rings. The van der Waals surface area contributed by atoms with Crippen LogP contribution in [0.3, 0.4) is 0 Å². The van der Waals surface area contributed by atoms with Crippen molar-refractivity contribution in [1.82, 2.24) is 14.4 Å². The van der Waals surface area contributed by atoms with E-state index in [4.69, 9.17) is 9.15 Å². The minimum absolute atomic E-state index is 0.0353. The lowest BCUT2D eigenvalue weighted by Crippen LogP contribution is -2.51. The van der Waals surface area contributed by atoms with Crippen molar-refractivity contribution in [2.75, 3.05) is 39.9 Å². The fourth-order valence-corrected chi connectivity index (χ4v) is 3.07. The van der Waals surface area contributed by atoms with E-state index >= 15 is 0 Å². The summed E-state index contributed by atoms with van der Waals surface area (Å²) in [6.45, 7) is 3.41. The van der Waals surface area contributed by atoms with Crippen LogP contribution in [0.5, 0.6) is 0 Å². The second kappa shape index (κ2) is 7.45. The summed E-state index contributed by atoms with van der Waals surface area (Å²) in [5.41, 5.74) is 0.509. The minimum Gasteiger partial charge on any atom is -0.443 e. The molecule has 0 unspecified atom stereocenters. The van der Waals surface area contributed by atoms with Crippen LogP contribution in [0, 0.1) is 18.3 Å². The Morgan fingerprint density at radius 1 is 1.19 bits per heavy atom. The normalized spacial score (nSPS) is 14.3. The molecule has 2 amide bonds. The predicted octanol–water partition coefficient (Wildman–Crippen LogP) is 1.18. The molecule has 1 saturated heterocycles. The number of ether oxygens (including phenoxy) is 1. The van der Waals surface area contributed by atoms with E-state index < -0.39 is 0 Å². The van der Waals surface area contributed by atoms with Gasteiger partial charge in [-0.3, -0.25) is 14.2 Å². The zero-order valence-electron chi connectivity index (χ0n) is 14.8. The molecule has 26 heavy (non-hydrogen) atoms. The Morgan fingerprint density at radius 3 is 2.38 bits per heavy atom. The van der Waals surface area contributed by atoms with Crippen LogP contribution in [-0.4, -0.2) is 66.1 Å². The van der Waals surface area contributed by atoms with Gasteiger partial charge in [-0.1, -0.05) is 0 Å².